The van der Waals surface area contributed by atoms with Gasteiger partial charge in [-0.3, -0.25) is 0 Å². The summed E-state index contributed by atoms with van der Waals surface area (Å²) in [7, 11) is 0. The number of rotatable bonds is 3. The van der Waals surface area contributed by atoms with Crippen LogP contribution >= 0.6 is 11.6 Å². The van der Waals surface area contributed by atoms with Crippen LogP contribution in [0.2, 0.25) is 5.02 Å². The third-order valence-corrected chi connectivity index (χ3v) is 6.18. The lowest BCUT2D eigenvalue weighted by Gasteiger charge is -2.54. The Morgan fingerprint density at radius 1 is 1.27 bits per heavy atom. The van der Waals surface area contributed by atoms with Gasteiger partial charge in [0, 0.05) is 42.1 Å². The summed E-state index contributed by atoms with van der Waals surface area (Å²) in [5.41, 5.74) is 1.66. The Morgan fingerprint density at radius 2 is 2.04 bits per heavy atom. The zero-order valence-corrected chi connectivity index (χ0v) is 16.0. The van der Waals surface area contributed by atoms with Crippen molar-refractivity contribution in [2.45, 2.75) is 32.4 Å². The van der Waals surface area contributed by atoms with Crippen LogP contribution in [-0.4, -0.2) is 51.1 Å². The van der Waals surface area contributed by atoms with Crippen LogP contribution in [0.1, 0.15) is 20.3 Å². The number of anilines is 2. The van der Waals surface area contributed by atoms with Crippen molar-refractivity contribution in [2.75, 3.05) is 43.1 Å². The predicted molar refractivity (Wildman–Crippen MR) is 102 cm³/mol. The normalized spacial score (nSPS) is 29.7. The van der Waals surface area contributed by atoms with Gasteiger partial charge in [-0.05, 0) is 24.6 Å². The van der Waals surface area contributed by atoms with Gasteiger partial charge < -0.3 is 25.0 Å². The Labute approximate surface area is 159 Å². The van der Waals surface area contributed by atoms with Gasteiger partial charge in [0.05, 0.1) is 30.7 Å². The number of hydrogen-bond donors (Lipinski definition) is 2. The second kappa shape index (κ2) is 6.91. The molecule has 1 aromatic rings. The molecule has 2 amide bonds. The standard InChI is InChI=1S/C19H26ClN3O3/c1-19(2)16(13-5-8-26-17(13)19)22-18(24)21-14-11-12(20)3-4-15(14)23-6-9-25-10-7-23/h3-4,11,13,16-17H,5-10H2,1-2H3,(H2,21,22,24)/t13-,16+,17-/m0/s1. The van der Waals surface area contributed by atoms with Crippen LogP contribution in [0.5, 0.6) is 0 Å². The maximum atomic E-state index is 12.7. The van der Waals surface area contributed by atoms with Crippen molar-refractivity contribution < 1.29 is 14.3 Å². The zero-order valence-electron chi connectivity index (χ0n) is 15.3. The molecule has 4 rings (SSSR count). The van der Waals surface area contributed by atoms with Gasteiger partial charge >= 0.3 is 6.03 Å². The summed E-state index contributed by atoms with van der Waals surface area (Å²) in [4.78, 5) is 14.9. The minimum atomic E-state index is -0.190. The molecule has 26 heavy (non-hydrogen) atoms. The van der Waals surface area contributed by atoms with Crippen molar-refractivity contribution in [2.24, 2.45) is 11.3 Å². The molecular formula is C19H26ClN3O3. The topological polar surface area (TPSA) is 62.8 Å². The molecule has 0 spiro atoms. The molecule has 0 aromatic heterocycles. The third kappa shape index (κ3) is 3.15. The Bertz CT molecular complexity index is 691. The minimum Gasteiger partial charge on any atom is -0.378 e. The van der Waals surface area contributed by atoms with E-state index < -0.39 is 0 Å². The smallest absolute Gasteiger partial charge is 0.319 e. The van der Waals surface area contributed by atoms with Crippen molar-refractivity contribution in [3.05, 3.63) is 23.2 Å². The number of hydrogen-bond acceptors (Lipinski definition) is 4. The average Bonchev–Trinajstić information content (AvgIpc) is 3.08. The van der Waals surface area contributed by atoms with E-state index >= 15 is 0 Å². The summed E-state index contributed by atoms with van der Waals surface area (Å²) in [6.07, 6.45) is 1.26. The quantitative estimate of drug-likeness (QED) is 0.847. The average molecular weight is 380 g/mol. The summed E-state index contributed by atoms with van der Waals surface area (Å²) in [5.74, 6) is 0.411. The largest absolute Gasteiger partial charge is 0.378 e. The number of urea groups is 1. The van der Waals surface area contributed by atoms with Crippen LogP contribution in [-0.2, 0) is 9.47 Å². The number of nitrogens with zero attached hydrogens (tertiary/aromatic N) is 1. The van der Waals surface area contributed by atoms with E-state index in [1.54, 1.807) is 6.07 Å². The van der Waals surface area contributed by atoms with Crippen LogP contribution in [0.3, 0.4) is 0 Å². The first-order valence-electron chi connectivity index (χ1n) is 9.28. The van der Waals surface area contributed by atoms with Crippen molar-refractivity contribution in [1.82, 2.24) is 5.32 Å². The van der Waals surface area contributed by atoms with Gasteiger partial charge in [-0.15, -0.1) is 0 Å². The van der Waals surface area contributed by atoms with E-state index in [9.17, 15) is 4.79 Å². The molecule has 1 aromatic carbocycles. The Hall–Kier alpha value is -1.50. The second-order valence-corrected chi connectivity index (χ2v) is 8.34. The molecule has 0 bridgehead atoms. The molecule has 2 heterocycles. The van der Waals surface area contributed by atoms with Gasteiger partial charge in [0.15, 0.2) is 0 Å². The first-order chi connectivity index (χ1) is 12.5. The highest BCUT2D eigenvalue weighted by Crippen LogP contribution is 2.52. The van der Waals surface area contributed by atoms with Crippen LogP contribution in [0.15, 0.2) is 18.2 Å². The summed E-state index contributed by atoms with van der Waals surface area (Å²) in [6, 6.07) is 5.55. The van der Waals surface area contributed by atoms with Gasteiger partial charge in [-0.2, -0.15) is 0 Å². The Morgan fingerprint density at radius 3 is 2.81 bits per heavy atom. The van der Waals surface area contributed by atoms with E-state index in [1.165, 1.54) is 0 Å². The predicted octanol–water partition coefficient (Wildman–Crippen LogP) is 3.11. The molecule has 7 heteroatoms. The molecular weight excluding hydrogens is 354 g/mol. The van der Waals surface area contributed by atoms with Crippen molar-refractivity contribution in [3.63, 3.8) is 0 Å². The number of fused-ring (bicyclic) bond motifs is 1. The molecule has 1 saturated carbocycles. The van der Waals surface area contributed by atoms with E-state index in [-0.39, 0.29) is 23.6 Å². The monoisotopic (exact) mass is 379 g/mol. The van der Waals surface area contributed by atoms with E-state index in [1.807, 2.05) is 12.1 Å². The number of carbonyl (C=O) groups is 1. The maximum absolute atomic E-state index is 12.7. The fourth-order valence-corrected chi connectivity index (χ4v) is 4.78. The highest BCUT2D eigenvalue weighted by molar-refractivity contribution is 6.31. The summed E-state index contributed by atoms with van der Waals surface area (Å²) in [6.45, 7) is 8.07. The fourth-order valence-electron chi connectivity index (χ4n) is 4.61. The van der Waals surface area contributed by atoms with Crippen LogP contribution in [0.25, 0.3) is 0 Å². The van der Waals surface area contributed by atoms with Crippen molar-refractivity contribution in [3.8, 4) is 0 Å². The minimum absolute atomic E-state index is 0.0418. The molecule has 2 N–H and O–H groups in total. The maximum Gasteiger partial charge on any atom is 0.319 e. The number of morpholine rings is 1. The lowest BCUT2D eigenvalue weighted by molar-refractivity contribution is -0.107. The molecule has 2 aliphatic heterocycles. The number of halogens is 1. The number of benzene rings is 1. The van der Waals surface area contributed by atoms with Crippen molar-refractivity contribution in [1.29, 1.82) is 0 Å². The van der Waals surface area contributed by atoms with Gasteiger partial charge in [-0.25, -0.2) is 4.79 Å². The summed E-state index contributed by atoms with van der Waals surface area (Å²) < 4.78 is 11.2. The third-order valence-electron chi connectivity index (χ3n) is 5.95. The molecule has 142 valence electrons. The van der Waals surface area contributed by atoms with Crippen LogP contribution < -0.4 is 15.5 Å². The molecule has 0 radical (unpaired) electrons. The Balaban J connectivity index is 1.46. The molecule has 3 fully saturated rings. The van der Waals surface area contributed by atoms with Gasteiger partial charge in [-0.1, -0.05) is 25.4 Å². The van der Waals surface area contributed by atoms with E-state index in [0.29, 0.717) is 24.2 Å². The molecule has 1 aliphatic carbocycles. The van der Waals surface area contributed by atoms with Gasteiger partial charge in [0.2, 0.25) is 0 Å². The number of nitrogens with one attached hydrogen (secondary N) is 2. The van der Waals surface area contributed by atoms with Crippen molar-refractivity contribution >= 4 is 29.0 Å². The van der Waals surface area contributed by atoms with E-state index in [2.05, 4.69) is 29.4 Å². The zero-order chi connectivity index (χ0) is 18.3. The fraction of sp³-hybridized carbons (Fsp3) is 0.632. The summed E-state index contributed by atoms with van der Waals surface area (Å²) in [5, 5.41) is 6.77. The Kier molecular flexibility index (Phi) is 4.75. The lowest BCUT2D eigenvalue weighted by atomic mass is 9.57. The highest BCUT2D eigenvalue weighted by atomic mass is 35.5. The van der Waals surface area contributed by atoms with E-state index in [4.69, 9.17) is 21.1 Å². The van der Waals surface area contributed by atoms with Gasteiger partial charge in [0.1, 0.15) is 0 Å². The lowest BCUT2D eigenvalue weighted by Crippen LogP contribution is -2.67. The van der Waals surface area contributed by atoms with Gasteiger partial charge in [0.25, 0.3) is 0 Å². The second-order valence-electron chi connectivity index (χ2n) is 7.90. The summed E-state index contributed by atoms with van der Waals surface area (Å²) >= 11 is 6.17. The molecule has 0 unspecified atom stereocenters. The molecule has 3 aliphatic rings. The first-order valence-corrected chi connectivity index (χ1v) is 9.66. The van der Waals surface area contributed by atoms with Crippen LogP contribution in [0, 0.1) is 11.3 Å². The molecule has 6 nitrogen and oxygen atoms in total. The number of ether oxygens (including phenoxy) is 2. The SMILES string of the molecule is CC1(C)[C@H](NC(=O)Nc2cc(Cl)ccc2N2CCOCC2)[C@@H]2CCO[C@@H]21. The molecule has 3 atom stereocenters. The molecule has 2 saturated heterocycles. The first kappa shape index (κ1) is 17.9. The van der Waals surface area contributed by atoms with E-state index in [0.717, 1.165) is 37.5 Å². The number of amides is 2. The number of carbonyl (C=O) groups excluding carboxylic acids is 1. The van der Waals surface area contributed by atoms with Crippen LogP contribution in [0.4, 0.5) is 16.2 Å². The highest BCUT2D eigenvalue weighted by Gasteiger charge is 2.59.